The third-order valence-electron chi connectivity index (χ3n) is 3.35. The van der Waals surface area contributed by atoms with Gasteiger partial charge in [0.2, 0.25) is 11.8 Å². The Labute approximate surface area is 132 Å². The van der Waals surface area contributed by atoms with Crippen LogP contribution in [0, 0.1) is 0 Å². The number of rotatable bonds is 7. The molecule has 0 aliphatic rings. The lowest BCUT2D eigenvalue weighted by atomic mass is 10.2. The average Bonchev–Trinajstić information content (AvgIpc) is 2.54. The maximum atomic E-state index is 12.1. The second-order valence-electron chi connectivity index (χ2n) is 4.85. The van der Waals surface area contributed by atoms with E-state index < -0.39 is 6.04 Å². The van der Waals surface area contributed by atoms with Crippen molar-refractivity contribution < 1.29 is 14.3 Å². The molecule has 0 spiro atoms. The largest absolute Gasteiger partial charge is 0.497 e. The van der Waals surface area contributed by atoms with E-state index in [1.54, 1.807) is 25.0 Å². The normalized spacial score (nSPS) is 12.0. The van der Waals surface area contributed by atoms with E-state index in [0.29, 0.717) is 13.1 Å². The van der Waals surface area contributed by atoms with E-state index in [1.807, 2.05) is 38.1 Å². The Morgan fingerprint density at radius 1 is 1.23 bits per heavy atom. The van der Waals surface area contributed by atoms with Crippen LogP contribution in [0.2, 0.25) is 0 Å². The zero-order chi connectivity index (χ0) is 16.5. The number of hydrogen-bond acceptors (Lipinski definition) is 3. The van der Waals surface area contributed by atoms with Crippen molar-refractivity contribution in [1.29, 1.82) is 0 Å². The van der Waals surface area contributed by atoms with Crippen LogP contribution in [0.15, 0.2) is 30.3 Å². The zero-order valence-electron chi connectivity index (χ0n) is 13.6. The van der Waals surface area contributed by atoms with Crippen LogP contribution in [-0.2, 0) is 9.59 Å². The Morgan fingerprint density at radius 2 is 1.82 bits per heavy atom. The van der Waals surface area contributed by atoms with E-state index in [2.05, 4.69) is 5.32 Å². The molecule has 1 rings (SSSR count). The first-order valence-corrected chi connectivity index (χ1v) is 7.43. The molecule has 1 N–H and O–H groups in total. The van der Waals surface area contributed by atoms with Crippen molar-refractivity contribution in [3.63, 3.8) is 0 Å². The minimum absolute atomic E-state index is 0.0730. The Balaban J connectivity index is 2.57. The number of benzene rings is 1. The van der Waals surface area contributed by atoms with Crippen LogP contribution in [0.5, 0.6) is 5.75 Å². The summed E-state index contributed by atoms with van der Waals surface area (Å²) in [5, 5.41) is 2.68. The van der Waals surface area contributed by atoms with Crippen LogP contribution >= 0.6 is 0 Å². The zero-order valence-corrected chi connectivity index (χ0v) is 13.6. The van der Waals surface area contributed by atoms with Gasteiger partial charge < -0.3 is 15.0 Å². The Hall–Kier alpha value is -2.30. The summed E-state index contributed by atoms with van der Waals surface area (Å²) in [6, 6.07) is 6.82. The lowest BCUT2D eigenvalue weighted by Crippen LogP contribution is -2.46. The average molecular weight is 304 g/mol. The van der Waals surface area contributed by atoms with Crippen molar-refractivity contribution >= 4 is 17.9 Å². The summed E-state index contributed by atoms with van der Waals surface area (Å²) in [6.07, 6.45) is 3.12. The quantitative estimate of drug-likeness (QED) is 0.785. The van der Waals surface area contributed by atoms with Crippen molar-refractivity contribution in [2.45, 2.75) is 26.8 Å². The van der Waals surface area contributed by atoms with E-state index in [-0.39, 0.29) is 11.8 Å². The highest BCUT2D eigenvalue weighted by Crippen LogP contribution is 2.12. The molecule has 0 saturated heterocycles. The van der Waals surface area contributed by atoms with Crippen molar-refractivity contribution in [2.24, 2.45) is 0 Å². The number of methoxy groups -OCH3 is 1. The van der Waals surface area contributed by atoms with Gasteiger partial charge in [-0.1, -0.05) is 12.1 Å². The third kappa shape index (κ3) is 5.24. The molecule has 5 heteroatoms. The molecule has 0 heterocycles. The van der Waals surface area contributed by atoms with Crippen molar-refractivity contribution in [3.8, 4) is 5.75 Å². The number of amides is 2. The van der Waals surface area contributed by atoms with Crippen LogP contribution in [0.25, 0.3) is 6.08 Å². The number of hydrogen-bond donors (Lipinski definition) is 1. The lowest BCUT2D eigenvalue weighted by Gasteiger charge is -2.23. The Morgan fingerprint density at radius 3 is 2.32 bits per heavy atom. The molecular formula is C17H24N2O3. The van der Waals surface area contributed by atoms with Gasteiger partial charge in [-0.15, -0.1) is 0 Å². The van der Waals surface area contributed by atoms with E-state index in [1.165, 1.54) is 6.08 Å². The monoisotopic (exact) mass is 304 g/mol. The van der Waals surface area contributed by atoms with Gasteiger partial charge in [0, 0.05) is 19.2 Å². The maximum Gasteiger partial charge on any atom is 0.244 e. The highest BCUT2D eigenvalue weighted by molar-refractivity contribution is 5.95. The van der Waals surface area contributed by atoms with Gasteiger partial charge in [0.05, 0.1) is 7.11 Å². The fourth-order valence-electron chi connectivity index (χ4n) is 2.02. The predicted octanol–water partition coefficient (Wildman–Crippen LogP) is 2.08. The van der Waals surface area contributed by atoms with Crippen molar-refractivity contribution in [1.82, 2.24) is 10.2 Å². The van der Waals surface area contributed by atoms with Gasteiger partial charge in [-0.3, -0.25) is 9.59 Å². The van der Waals surface area contributed by atoms with Gasteiger partial charge in [-0.2, -0.15) is 0 Å². The van der Waals surface area contributed by atoms with E-state index in [0.717, 1.165) is 11.3 Å². The third-order valence-corrected chi connectivity index (χ3v) is 3.35. The number of nitrogens with zero attached hydrogens (tertiary/aromatic N) is 1. The molecule has 0 aliphatic heterocycles. The number of likely N-dealkylation sites (N-methyl/N-ethyl adjacent to an activating group) is 1. The van der Waals surface area contributed by atoms with Gasteiger partial charge >= 0.3 is 0 Å². The topological polar surface area (TPSA) is 58.6 Å². The van der Waals surface area contributed by atoms with Gasteiger partial charge in [-0.05, 0) is 44.5 Å². The molecule has 0 saturated carbocycles. The smallest absolute Gasteiger partial charge is 0.244 e. The molecule has 2 amide bonds. The summed E-state index contributed by atoms with van der Waals surface area (Å²) in [4.78, 5) is 25.6. The summed E-state index contributed by atoms with van der Waals surface area (Å²) < 4.78 is 5.07. The highest BCUT2D eigenvalue weighted by Gasteiger charge is 2.18. The van der Waals surface area contributed by atoms with E-state index in [9.17, 15) is 9.59 Å². The summed E-state index contributed by atoms with van der Waals surface area (Å²) >= 11 is 0. The summed E-state index contributed by atoms with van der Waals surface area (Å²) in [6.45, 7) is 6.80. The van der Waals surface area contributed by atoms with Crippen LogP contribution in [0.3, 0.4) is 0 Å². The lowest BCUT2D eigenvalue weighted by molar-refractivity contribution is -0.134. The first-order chi connectivity index (χ1) is 10.5. The molecule has 0 aliphatic carbocycles. The number of ether oxygens (including phenoxy) is 1. The second-order valence-corrected chi connectivity index (χ2v) is 4.85. The molecule has 0 bridgehead atoms. The molecule has 0 radical (unpaired) electrons. The molecule has 0 fully saturated rings. The van der Waals surface area contributed by atoms with Gasteiger partial charge in [0.25, 0.3) is 0 Å². The maximum absolute atomic E-state index is 12.1. The number of nitrogens with one attached hydrogen (secondary N) is 1. The van der Waals surface area contributed by atoms with Crippen molar-refractivity contribution in [2.75, 3.05) is 20.2 Å². The first kappa shape index (κ1) is 17.8. The summed E-state index contributed by atoms with van der Waals surface area (Å²) in [5.74, 6) is 0.403. The molecule has 22 heavy (non-hydrogen) atoms. The Bertz CT molecular complexity index is 519. The minimum Gasteiger partial charge on any atom is -0.497 e. The standard InChI is InChI=1S/C17H24N2O3/c1-5-19(6-2)17(21)13(3)18-16(20)12-9-14-7-10-15(22-4)11-8-14/h7-13H,5-6H2,1-4H3,(H,18,20). The molecule has 0 aromatic heterocycles. The number of carbonyl (C=O) groups excluding carboxylic acids is 2. The minimum atomic E-state index is -0.534. The van der Waals surface area contributed by atoms with E-state index in [4.69, 9.17) is 4.74 Å². The molecule has 1 unspecified atom stereocenters. The molecule has 120 valence electrons. The van der Waals surface area contributed by atoms with Crippen molar-refractivity contribution in [3.05, 3.63) is 35.9 Å². The molecular weight excluding hydrogens is 280 g/mol. The van der Waals surface area contributed by atoms with Gasteiger partial charge in [0.15, 0.2) is 0 Å². The van der Waals surface area contributed by atoms with Crippen LogP contribution < -0.4 is 10.1 Å². The fraction of sp³-hybridized carbons (Fsp3) is 0.412. The van der Waals surface area contributed by atoms with Crippen LogP contribution in [-0.4, -0.2) is 43.0 Å². The summed E-state index contributed by atoms with van der Waals surface area (Å²) in [7, 11) is 1.60. The highest BCUT2D eigenvalue weighted by atomic mass is 16.5. The second kappa shape index (κ2) is 8.87. The summed E-state index contributed by atoms with van der Waals surface area (Å²) in [5.41, 5.74) is 0.888. The van der Waals surface area contributed by atoms with Gasteiger partial charge in [0.1, 0.15) is 11.8 Å². The van der Waals surface area contributed by atoms with E-state index >= 15 is 0 Å². The Kier molecular flexibility index (Phi) is 7.16. The molecule has 1 atom stereocenters. The fourth-order valence-corrected chi connectivity index (χ4v) is 2.02. The first-order valence-electron chi connectivity index (χ1n) is 7.43. The SMILES string of the molecule is CCN(CC)C(=O)C(C)NC(=O)C=Cc1ccc(OC)cc1. The van der Waals surface area contributed by atoms with Gasteiger partial charge in [-0.25, -0.2) is 0 Å². The van der Waals surface area contributed by atoms with Crippen LogP contribution in [0.1, 0.15) is 26.3 Å². The predicted molar refractivity (Wildman–Crippen MR) is 87.6 cm³/mol. The van der Waals surface area contributed by atoms with Crippen LogP contribution in [0.4, 0.5) is 0 Å². The molecule has 1 aromatic rings. The number of carbonyl (C=O) groups is 2. The molecule has 1 aromatic carbocycles. The molecule has 5 nitrogen and oxygen atoms in total.